The number of hydrogen-bond donors (Lipinski definition) is 2. The Kier molecular flexibility index (Phi) is 9.42. The van der Waals surface area contributed by atoms with Crippen molar-refractivity contribution < 1.29 is 26.3 Å². The van der Waals surface area contributed by atoms with Gasteiger partial charge in [0.2, 0.25) is 0 Å². The van der Waals surface area contributed by atoms with E-state index in [2.05, 4.69) is 25.3 Å². The highest BCUT2D eigenvalue weighted by Gasteiger charge is 2.80. The second-order valence-electron chi connectivity index (χ2n) is 13.0. The molecule has 3 aromatic carbocycles. The smallest absolute Gasteiger partial charge is 0.194 e. The summed E-state index contributed by atoms with van der Waals surface area (Å²) in [5.74, 6) is -16.1. The van der Waals surface area contributed by atoms with Crippen LogP contribution in [0.2, 0.25) is 0 Å². The molecule has 4 heterocycles. The molecule has 0 amide bonds. The van der Waals surface area contributed by atoms with E-state index >= 15 is 26.3 Å². The highest BCUT2D eigenvalue weighted by Crippen LogP contribution is 2.68. The van der Waals surface area contributed by atoms with Crippen LogP contribution in [0.5, 0.6) is 0 Å². The minimum absolute atomic E-state index is 0.225. The number of hydrogen-bond acceptors (Lipinski definition) is 6. The highest BCUT2D eigenvalue weighted by atomic mass is 32.1. The monoisotopic (exact) mass is 838 g/mol. The highest BCUT2D eigenvalue weighted by molar-refractivity contribution is 7.80. The van der Waals surface area contributed by atoms with Gasteiger partial charge in [-0.15, -0.1) is 70.6 Å². The van der Waals surface area contributed by atoms with E-state index in [1.54, 1.807) is 43.3 Å². The molecular formula is C42H28F6S6. The lowest BCUT2D eigenvalue weighted by molar-refractivity contribution is -0.254. The number of thiophene rings is 4. The van der Waals surface area contributed by atoms with Crippen molar-refractivity contribution in [3.05, 3.63) is 130 Å². The van der Waals surface area contributed by atoms with Gasteiger partial charge in [-0.2, -0.15) is 26.3 Å². The molecule has 0 atom stereocenters. The second kappa shape index (κ2) is 13.6. The summed E-state index contributed by atoms with van der Waals surface area (Å²) in [6.07, 6.45) is 0. The van der Waals surface area contributed by atoms with Crippen molar-refractivity contribution in [1.29, 1.82) is 0 Å². The maximum absolute atomic E-state index is 16.7. The van der Waals surface area contributed by atoms with Crippen LogP contribution in [0.3, 0.4) is 0 Å². The van der Waals surface area contributed by atoms with E-state index in [1.807, 2.05) is 66.7 Å². The molecule has 0 saturated carbocycles. The van der Waals surface area contributed by atoms with Gasteiger partial charge in [0.05, 0.1) is 4.88 Å². The predicted molar refractivity (Wildman–Crippen MR) is 222 cm³/mol. The topological polar surface area (TPSA) is 0 Å². The van der Waals surface area contributed by atoms with E-state index in [-0.39, 0.29) is 32.0 Å². The van der Waals surface area contributed by atoms with Gasteiger partial charge in [0.15, 0.2) is 0 Å². The summed E-state index contributed by atoms with van der Waals surface area (Å²) in [6.45, 7) is 4.63. The van der Waals surface area contributed by atoms with Crippen LogP contribution in [0.4, 0.5) is 26.3 Å². The molecule has 0 spiro atoms. The number of aryl methyl sites for hydroxylation is 1. The normalized spacial score (nSPS) is 16.1. The Labute approximate surface area is 335 Å². The molecule has 12 heteroatoms. The van der Waals surface area contributed by atoms with Gasteiger partial charge < -0.3 is 0 Å². The number of allylic oxidation sites excluding steroid dienone is 2. The summed E-state index contributed by atoms with van der Waals surface area (Å²) < 4.78 is 98.1. The molecule has 1 aliphatic rings. The van der Waals surface area contributed by atoms with E-state index in [0.29, 0.717) is 25.1 Å². The van der Waals surface area contributed by atoms with Gasteiger partial charge in [0, 0.05) is 66.2 Å². The van der Waals surface area contributed by atoms with Crippen LogP contribution in [0.15, 0.2) is 113 Å². The molecule has 54 heavy (non-hydrogen) atoms. The zero-order valence-electron chi connectivity index (χ0n) is 28.6. The largest absolute Gasteiger partial charge is 0.380 e. The van der Waals surface area contributed by atoms with Crippen molar-refractivity contribution in [3.63, 3.8) is 0 Å². The first-order valence-electron chi connectivity index (χ1n) is 16.6. The first kappa shape index (κ1) is 37.4. The van der Waals surface area contributed by atoms with Crippen molar-refractivity contribution in [3.8, 4) is 50.8 Å². The molecule has 7 aromatic rings. The van der Waals surface area contributed by atoms with Crippen LogP contribution >= 0.6 is 70.6 Å². The molecule has 274 valence electrons. The lowest BCUT2D eigenvalue weighted by Crippen LogP contribution is -2.49. The Bertz CT molecular complexity index is 2600. The van der Waals surface area contributed by atoms with E-state index in [9.17, 15) is 0 Å². The third-order valence-electron chi connectivity index (χ3n) is 9.59. The van der Waals surface area contributed by atoms with Gasteiger partial charge >= 0.3 is 17.8 Å². The Balaban J connectivity index is 1.42. The fourth-order valence-electron chi connectivity index (χ4n) is 7.05. The maximum atomic E-state index is 16.7. The van der Waals surface area contributed by atoms with Gasteiger partial charge in [-0.1, -0.05) is 54.6 Å². The SMILES string of the molecule is Cc1sc(-c2ccccc2)c(C)c1C1=C(c2c(-c3ccc(-c4cccc(S)c4)s3)sc(-c3ccc(-c4cccc(S)c4)s3)c2C)C(F)(F)C(F)(F)C1(F)F. The lowest BCUT2D eigenvalue weighted by atomic mass is 9.90. The van der Waals surface area contributed by atoms with E-state index < -0.39 is 28.9 Å². The molecule has 0 aliphatic heterocycles. The Morgan fingerprint density at radius 2 is 0.907 bits per heavy atom. The molecule has 4 aromatic heterocycles. The quantitative estimate of drug-likeness (QED) is 0.116. The lowest BCUT2D eigenvalue weighted by Gasteiger charge is -2.26. The van der Waals surface area contributed by atoms with E-state index in [1.165, 1.54) is 36.5 Å². The van der Waals surface area contributed by atoms with Gasteiger partial charge in [0.1, 0.15) is 0 Å². The predicted octanol–water partition coefficient (Wildman–Crippen LogP) is 15.6. The fourth-order valence-corrected chi connectivity index (χ4v) is 12.3. The molecule has 0 fully saturated rings. The standard InChI is InChI=1S/C42H28F6S6/c1-21-33(23(3)51-37(21)24-9-5-4-6-10-24)35-36(41(45,46)42(47,48)40(35,43)44)34-22(2)38(31-17-15-29(52-31)25-11-7-13-27(49)19-25)54-39(34)32-18-16-30(53-32)26-12-8-14-28(50)20-26/h4-20,49-50H,1-3H3. The van der Waals surface area contributed by atoms with Crippen LogP contribution in [0, 0.1) is 20.8 Å². The summed E-state index contributed by atoms with van der Waals surface area (Å²) >= 11 is 13.9. The van der Waals surface area contributed by atoms with Crippen LogP contribution in [-0.2, 0) is 0 Å². The first-order chi connectivity index (χ1) is 25.6. The van der Waals surface area contributed by atoms with Gasteiger partial charge in [-0.05, 0) is 97.1 Å². The molecule has 0 unspecified atom stereocenters. The van der Waals surface area contributed by atoms with Crippen molar-refractivity contribution in [2.75, 3.05) is 0 Å². The molecule has 0 radical (unpaired) electrons. The number of benzene rings is 3. The zero-order valence-corrected chi connectivity index (χ0v) is 33.7. The Hall–Kier alpha value is -3.52. The Morgan fingerprint density at radius 1 is 0.444 bits per heavy atom. The minimum atomic E-state index is -5.70. The summed E-state index contributed by atoms with van der Waals surface area (Å²) in [4.78, 5) is 5.89. The summed E-state index contributed by atoms with van der Waals surface area (Å²) in [5.41, 5.74) is -0.333. The fraction of sp³-hybridized carbons (Fsp3) is 0.143. The van der Waals surface area contributed by atoms with Crippen LogP contribution < -0.4 is 0 Å². The van der Waals surface area contributed by atoms with Crippen molar-refractivity contribution in [2.24, 2.45) is 0 Å². The molecule has 0 bridgehead atoms. The zero-order chi connectivity index (χ0) is 38.3. The van der Waals surface area contributed by atoms with Crippen LogP contribution in [0.1, 0.15) is 27.1 Å². The molecule has 0 saturated heterocycles. The molecule has 0 N–H and O–H groups in total. The third kappa shape index (κ3) is 5.87. The number of thiol groups is 2. The average molecular weight is 839 g/mol. The van der Waals surface area contributed by atoms with Crippen molar-refractivity contribution in [2.45, 2.75) is 48.3 Å². The molecular weight excluding hydrogens is 811 g/mol. The van der Waals surface area contributed by atoms with Gasteiger partial charge in [-0.25, -0.2) is 0 Å². The van der Waals surface area contributed by atoms with Crippen LogP contribution in [-0.4, -0.2) is 17.8 Å². The van der Waals surface area contributed by atoms with Gasteiger partial charge in [-0.3, -0.25) is 0 Å². The summed E-state index contributed by atoms with van der Waals surface area (Å²) in [7, 11) is 0. The van der Waals surface area contributed by atoms with Crippen LogP contribution in [0.25, 0.3) is 62.0 Å². The Morgan fingerprint density at radius 3 is 1.44 bits per heavy atom. The number of alkyl halides is 6. The average Bonchev–Trinajstić information content (AvgIpc) is 3.95. The molecule has 8 rings (SSSR count). The van der Waals surface area contributed by atoms with E-state index in [0.717, 1.165) is 53.3 Å². The number of halogens is 6. The van der Waals surface area contributed by atoms with E-state index in [4.69, 9.17) is 0 Å². The first-order valence-corrected chi connectivity index (χ1v) is 20.7. The molecule has 0 nitrogen and oxygen atoms in total. The minimum Gasteiger partial charge on any atom is -0.194 e. The van der Waals surface area contributed by atoms with Gasteiger partial charge in [0.25, 0.3) is 0 Å². The van der Waals surface area contributed by atoms with Crippen molar-refractivity contribution >= 4 is 81.8 Å². The second-order valence-corrected chi connectivity index (χ2v) is 18.5. The third-order valence-corrected chi connectivity index (χ3v) is 15.3. The van der Waals surface area contributed by atoms with Crippen molar-refractivity contribution in [1.82, 2.24) is 0 Å². The molecule has 1 aliphatic carbocycles. The summed E-state index contributed by atoms with van der Waals surface area (Å²) in [6, 6.07) is 31.2. The maximum Gasteiger partial charge on any atom is 0.380 e. The number of rotatable bonds is 7. The summed E-state index contributed by atoms with van der Waals surface area (Å²) in [5, 5.41) is 0.